The van der Waals surface area contributed by atoms with Gasteiger partial charge in [0, 0.05) is 40.3 Å². The zero-order valence-electron chi connectivity index (χ0n) is 28.3. The highest BCUT2D eigenvalue weighted by molar-refractivity contribution is 7.89. The van der Waals surface area contributed by atoms with Crippen LogP contribution in [0.2, 0.25) is 0 Å². The number of aromatic nitrogens is 1. The number of sulfonamides is 1. The highest BCUT2D eigenvalue weighted by Crippen LogP contribution is 2.35. The number of nitrogens with zero attached hydrogens (tertiary/aromatic N) is 3. The molecule has 0 saturated carbocycles. The number of benzene rings is 2. The van der Waals surface area contributed by atoms with E-state index in [-0.39, 0.29) is 62.1 Å². The van der Waals surface area contributed by atoms with E-state index in [1.165, 1.54) is 21.3 Å². The van der Waals surface area contributed by atoms with Crippen LogP contribution in [0.25, 0.3) is 11.1 Å². The van der Waals surface area contributed by atoms with Gasteiger partial charge in [-0.15, -0.1) is 0 Å². The molecule has 15 nitrogen and oxygen atoms in total. The third-order valence-electron chi connectivity index (χ3n) is 8.44. The Labute approximate surface area is 285 Å². The maximum atomic E-state index is 14.0. The smallest absolute Gasteiger partial charge is 0.407 e. The number of carbonyl (C=O) groups excluding carboxylic acids is 2. The second-order valence-electron chi connectivity index (χ2n) is 12.8. The van der Waals surface area contributed by atoms with Crippen LogP contribution in [-0.2, 0) is 40.2 Å². The van der Waals surface area contributed by atoms with Crippen molar-refractivity contribution in [2.45, 2.75) is 55.8 Å². The lowest BCUT2D eigenvalue weighted by Crippen LogP contribution is -2.52. The van der Waals surface area contributed by atoms with Crippen molar-refractivity contribution in [2.24, 2.45) is 11.8 Å². The quantitative estimate of drug-likeness (QED) is 0.210. The van der Waals surface area contributed by atoms with Gasteiger partial charge in [0.1, 0.15) is 18.2 Å². The van der Waals surface area contributed by atoms with E-state index in [9.17, 15) is 23.1 Å². The fraction of sp³-hybridized carbons (Fsp3) is 0.545. The van der Waals surface area contributed by atoms with Gasteiger partial charge in [0.05, 0.1) is 42.3 Å². The number of nitrogens with one attached hydrogen (secondary N) is 2. The zero-order valence-corrected chi connectivity index (χ0v) is 29.1. The van der Waals surface area contributed by atoms with Gasteiger partial charge in [-0.05, 0) is 30.0 Å². The van der Waals surface area contributed by atoms with E-state index in [2.05, 4.69) is 15.6 Å². The summed E-state index contributed by atoms with van der Waals surface area (Å²) in [5.74, 6) is -0.759. The summed E-state index contributed by atoms with van der Waals surface area (Å²) in [6.07, 6.45) is -3.89. The maximum absolute atomic E-state index is 14.0. The highest BCUT2D eigenvalue weighted by atomic mass is 32.2. The van der Waals surface area contributed by atoms with E-state index in [4.69, 9.17) is 23.4 Å². The number of aliphatic hydroxyl groups is 1. The minimum atomic E-state index is -4.12. The number of hydrogen-bond donors (Lipinski definition) is 3. The Morgan fingerprint density at radius 3 is 2.45 bits per heavy atom. The van der Waals surface area contributed by atoms with Crippen LogP contribution in [0.5, 0.6) is 0 Å². The van der Waals surface area contributed by atoms with E-state index in [1.54, 1.807) is 27.2 Å². The first-order valence-electron chi connectivity index (χ1n) is 16.2. The number of alkyl carbamates (subject to hydrolysis) is 1. The van der Waals surface area contributed by atoms with Crippen LogP contribution < -0.4 is 10.6 Å². The summed E-state index contributed by atoms with van der Waals surface area (Å²) in [5, 5.41) is 17.2. The van der Waals surface area contributed by atoms with Crippen molar-refractivity contribution in [2.75, 3.05) is 59.4 Å². The van der Waals surface area contributed by atoms with Crippen molar-refractivity contribution in [1.82, 2.24) is 19.5 Å². The average Bonchev–Trinajstić information content (AvgIpc) is 3.78. The molecule has 2 amide bonds. The van der Waals surface area contributed by atoms with Crippen molar-refractivity contribution in [3.8, 4) is 0 Å². The number of aliphatic hydroxyl groups excluding tert-OH is 1. The molecule has 16 heteroatoms. The average molecular weight is 704 g/mol. The molecule has 6 atom stereocenters. The third-order valence-corrected chi connectivity index (χ3v) is 10.3. The lowest BCUT2D eigenvalue weighted by Gasteiger charge is -2.31. The van der Waals surface area contributed by atoms with E-state index < -0.39 is 52.7 Å². The Balaban J connectivity index is 1.32. The largest absolute Gasteiger partial charge is 0.443 e. The first-order valence-corrected chi connectivity index (χ1v) is 17.6. The lowest BCUT2D eigenvalue weighted by molar-refractivity contribution is -0.137. The number of likely N-dealkylation sites (N-methyl/N-ethyl adjacent to an activating group) is 1. The topological polar surface area (TPSA) is 182 Å². The second kappa shape index (κ2) is 15.8. The summed E-state index contributed by atoms with van der Waals surface area (Å²) in [6, 6.07) is 13.0. The Morgan fingerprint density at radius 2 is 1.78 bits per heavy atom. The van der Waals surface area contributed by atoms with Crippen molar-refractivity contribution < 1.29 is 46.5 Å². The van der Waals surface area contributed by atoms with Gasteiger partial charge in [0.2, 0.25) is 15.9 Å². The molecule has 5 rings (SSSR count). The van der Waals surface area contributed by atoms with Crippen LogP contribution in [0, 0.1) is 11.8 Å². The Kier molecular flexibility index (Phi) is 11.8. The number of rotatable bonds is 15. The molecule has 0 spiro atoms. The molecule has 2 aliphatic heterocycles. The Hall–Kier alpha value is -3.80. The van der Waals surface area contributed by atoms with Gasteiger partial charge in [0.25, 0.3) is 6.01 Å². The molecule has 0 bridgehead atoms. The van der Waals surface area contributed by atoms with Gasteiger partial charge in [-0.2, -0.15) is 9.29 Å². The summed E-state index contributed by atoms with van der Waals surface area (Å²) in [7, 11) is 0.786. The Bertz CT molecular complexity index is 1690. The minimum absolute atomic E-state index is 0.0164. The van der Waals surface area contributed by atoms with E-state index in [0.717, 1.165) is 5.56 Å². The molecule has 0 unspecified atom stereocenters. The molecule has 49 heavy (non-hydrogen) atoms. The van der Waals surface area contributed by atoms with Crippen LogP contribution in [0.1, 0.15) is 19.4 Å². The summed E-state index contributed by atoms with van der Waals surface area (Å²) < 4.78 is 57.7. The van der Waals surface area contributed by atoms with Gasteiger partial charge in [-0.25, -0.2) is 13.2 Å². The van der Waals surface area contributed by atoms with Gasteiger partial charge in [-0.1, -0.05) is 44.2 Å². The number of hydrogen-bond acceptors (Lipinski definition) is 12. The number of fused-ring (bicyclic) bond motifs is 2. The summed E-state index contributed by atoms with van der Waals surface area (Å²) >= 11 is 0. The van der Waals surface area contributed by atoms with Crippen LogP contribution in [0.15, 0.2) is 57.8 Å². The van der Waals surface area contributed by atoms with Crippen molar-refractivity contribution in [3.63, 3.8) is 0 Å². The molecule has 2 saturated heterocycles. The van der Waals surface area contributed by atoms with Crippen LogP contribution in [-0.4, -0.2) is 124 Å². The van der Waals surface area contributed by atoms with Crippen LogP contribution in [0.4, 0.5) is 10.8 Å². The molecular formula is C33H45N5O10S. The molecule has 3 N–H and O–H groups in total. The summed E-state index contributed by atoms with van der Waals surface area (Å²) in [4.78, 5) is 31.1. The molecule has 268 valence electrons. The standard InChI is InChI=1S/C33H45N5O10S/c1-20(2)15-38(49(42,43)22-11-12-23-26(14-22)47-32(34-3)35-23)16-25(39)24(13-21-9-7-6-8-10-21)36-33(41)48-28-18-46-31-30(28)27(17-45-31)44-19-29(40)37(4)5/h6-12,14,20,24-25,27-28,30-31,39H,13,15-19H2,1-5H3,(H,34,35)(H,36,41)/t24-,25+,27-,28-,30-,31+/m0/s1. The van der Waals surface area contributed by atoms with Gasteiger partial charge < -0.3 is 44.0 Å². The highest BCUT2D eigenvalue weighted by Gasteiger charge is 2.51. The van der Waals surface area contributed by atoms with Crippen LogP contribution >= 0.6 is 0 Å². The molecule has 0 radical (unpaired) electrons. The molecule has 2 aromatic carbocycles. The lowest BCUT2D eigenvalue weighted by atomic mass is 10.00. The minimum Gasteiger partial charge on any atom is -0.443 e. The Morgan fingerprint density at radius 1 is 1.06 bits per heavy atom. The molecule has 1 aromatic heterocycles. The SMILES string of the molecule is CNc1nc2ccc(S(=O)(=O)N(CC(C)C)C[C@@H](O)[C@H](Cc3ccccc3)NC(=O)O[C@H]3CO[C@H]4OC[C@H](OCC(=O)N(C)C)[C@H]43)cc2o1. The van der Waals surface area contributed by atoms with Crippen molar-refractivity contribution >= 4 is 39.1 Å². The summed E-state index contributed by atoms with van der Waals surface area (Å²) in [6.45, 7) is 3.62. The molecular weight excluding hydrogens is 658 g/mol. The number of oxazole rings is 1. The molecule has 3 aromatic rings. The van der Waals surface area contributed by atoms with Gasteiger partial charge >= 0.3 is 6.09 Å². The first-order chi connectivity index (χ1) is 23.3. The number of amides is 2. The molecule has 3 heterocycles. The normalized spacial score (nSPS) is 21.9. The number of carbonyl (C=O) groups is 2. The number of anilines is 1. The molecule has 2 fully saturated rings. The van der Waals surface area contributed by atoms with Crippen LogP contribution in [0.3, 0.4) is 0 Å². The van der Waals surface area contributed by atoms with E-state index >= 15 is 0 Å². The first kappa shape index (κ1) is 36.5. The molecule has 2 aliphatic rings. The predicted molar refractivity (Wildman–Crippen MR) is 178 cm³/mol. The fourth-order valence-corrected chi connectivity index (χ4v) is 7.49. The molecule has 0 aliphatic carbocycles. The zero-order chi connectivity index (χ0) is 35.3. The second-order valence-corrected chi connectivity index (χ2v) is 14.8. The van der Waals surface area contributed by atoms with Gasteiger partial charge in [0.15, 0.2) is 11.9 Å². The fourth-order valence-electron chi connectivity index (χ4n) is 5.85. The van der Waals surface area contributed by atoms with Crippen molar-refractivity contribution in [1.29, 1.82) is 0 Å². The monoisotopic (exact) mass is 703 g/mol. The van der Waals surface area contributed by atoms with Gasteiger partial charge in [-0.3, -0.25) is 4.79 Å². The third kappa shape index (κ3) is 8.87. The van der Waals surface area contributed by atoms with E-state index in [0.29, 0.717) is 11.1 Å². The predicted octanol–water partition coefficient (Wildman–Crippen LogP) is 2.06. The number of ether oxygens (including phenoxy) is 4. The van der Waals surface area contributed by atoms with Crippen molar-refractivity contribution in [3.05, 3.63) is 54.1 Å². The van der Waals surface area contributed by atoms with E-state index in [1.807, 2.05) is 44.2 Å². The maximum Gasteiger partial charge on any atom is 0.407 e. The summed E-state index contributed by atoms with van der Waals surface area (Å²) in [5.41, 5.74) is 1.60.